The molecule has 1 aliphatic heterocycles. The molecule has 0 unspecified atom stereocenters. The first-order chi connectivity index (χ1) is 14.6. The van der Waals surface area contributed by atoms with Gasteiger partial charge in [0.15, 0.2) is 0 Å². The van der Waals surface area contributed by atoms with Gasteiger partial charge in [-0.3, -0.25) is 14.5 Å². The van der Waals surface area contributed by atoms with E-state index in [1.807, 2.05) is 0 Å². The van der Waals surface area contributed by atoms with Crippen molar-refractivity contribution in [1.82, 2.24) is 20.0 Å². The number of carbonyl (C=O) groups is 1. The summed E-state index contributed by atoms with van der Waals surface area (Å²) in [5.41, 5.74) is -1.02. The Morgan fingerprint density at radius 1 is 1.23 bits per heavy atom. The van der Waals surface area contributed by atoms with Crippen LogP contribution in [0, 0.1) is 0 Å². The van der Waals surface area contributed by atoms with Crippen LogP contribution in [0.15, 0.2) is 23.0 Å². The summed E-state index contributed by atoms with van der Waals surface area (Å²) in [6.45, 7) is 5.21. The van der Waals surface area contributed by atoms with Crippen LogP contribution in [0.1, 0.15) is 56.7 Å². The highest BCUT2D eigenvalue weighted by Gasteiger charge is 2.33. The summed E-state index contributed by atoms with van der Waals surface area (Å²) < 4.78 is 40.5. The van der Waals surface area contributed by atoms with Crippen molar-refractivity contribution < 1.29 is 18.0 Å². The van der Waals surface area contributed by atoms with Crippen LogP contribution >= 0.6 is 0 Å². The Morgan fingerprint density at radius 3 is 2.61 bits per heavy atom. The zero-order valence-electron chi connectivity index (χ0n) is 17.7. The molecule has 2 heterocycles. The lowest BCUT2D eigenvalue weighted by atomic mass is 10.0. The molecule has 2 aliphatic rings. The van der Waals surface area contributed by atoms with Crippen molar-refractivity contribution in [3.05, 3.63) is 39.8 Å². The predicted octanol–water partition coefficient (Wildman–Crippen LogP) is 3.28. The largest absolute Gasteiger partial charge is 0.416 e. The number of piperidine rings is 1. The van der Waals surface area contributed by atoms with Gasteiger partial charge in [0.05, 0.1) is 16.6 Å². The molecule has 1 amide bonds. The molecule has 1 saturated carbocycles. The van der Waals surface area contributed by atoms with Gasteiger partial charge in [0.2, 0.25) is 5.91 Å². The van der Waals surface area contributed by atoms with E-state index in [4.69, 9.17) is 0 Å². The highest BCUT2D eigenvalue weighted by atomic mass is 19.4. The Morgan fingerprint density at radius 2 is 1.97 bits per heavy atom. The Hall–Kier alpha value is -2.42. The second kappa shape index (κ2) is 8.26. The smallest absolute Gasteiger partial charge is 0.350 e. The normalized spacial score (nSPS) is 20.4. The average Bonchev–Trinajstić information content (AvgIpc) is 3.54. The number of carbonyl (C=O) groups excluding carboxylic acids is 1. The Labute approximate surface area is 178 Å². The van der Waals surface area contributed by atoms with Gasteiger partial charge in [-0.25, -0.2) is 4.68 Å². The van der Waals surface area contributed by atoms with Gasteiger partial charge in [0, 0.05) is 24.0 Å². The van der Waals surface area contributed by atoms with Crippen molar-refractivity contribution in [2.24, 2.45) is 0 Å². The first-order valence-electron chi connectivity index (χ1n) is 10.8. The van der Waals surface area contributed by atoms with E-state index in [2.05, 4.69) is 15.3 Å². The summed E-state index contributed by atoms with van der Waals surface area (Å²) in [6.07, 6.45) is -0.164. The number of likely N-dealkylation sites (tertiary alicyclic amines) is 1. The molecule has 0 spiro atoms. The number of amides is 1. The van der Waals surface area contributed by atoms with Crippen LogP contribution in [0.3, 0.4) is 0 Å². The van der Waals surface area contributed by atoms with E-state index in [1.165, 1.54) is 18.9 Å². The van der Waals surface area contributed by atoms with Crippen molar-refractivity contribution in [3.8, 4) is 0 Å². The molecule has 0 bridgehead atoms. The van der Waals surface area contributed by atoms with Crippen molar-refractivity contribution in [3.63, 3.8) is 0 Å². The number of alkyl halides is 3. The van der Waals surface area contributed by atoms with Crippen molar-refractivity contribution in [2.45, 2.75) is 70.3 Å². The summed E-state index contributed by atoms with van der Waals surface area (Å²) in [4.78, 5) is 27.9. The van der Waals surface area contributed by atoms with Gasteiger partial charge in [-0.15, -0.1) is 0 Å². The van der Waals surface area contributed by atoms with Gasteiger partial charge >= 0.3 is 6.18 Å². The van der Waals surface area contributed by atoms with E-state index in [0.717, 1.165) is 42.7 Å². The highest BCUT2D eigenvalue weighted by molar-refractivity contribution is 5.85. The molecule has 2 aromatic rings. The van der Waals surface area contributed by atoms with Crippen molar-refractivity contribution in [2.75, 3.05) is 13.1 Å². The van der Waals surface area contributed by atoms with Crippen LogP contribution in [-0.4, -0.2) is 45.8 Å². The van der Waals surface area contributed by atoms with Crippen LogP contribution in [0.2, 0.25) is 0 Å². The molecule has 31 heavy (non-hydrogen) atoms. The summed E-state index contributed by atoms with van der Waals surface area (Å²) in [5.74, 6) is -0.524. The number of nitrogens with one attached hydrogen (secondary N) is 1. The molecule has 1 atom stereocenters. The fraction of sp³-hybridized carbons (Fsp3) is 0.591. The minimum absolute atomic E-state index is 0.0388. The van der Waals surface area contributed by atoms with Gasteiger partial charge in [0.25, 0.3) is 5.56 Å². The maximum atomic E-state index is 13.1. The lowest BCUT2D eigenvalue weighted by molar-refractivity contribution is -0.137. The van der Waals surface area contributed by atoms with Crippen LogP contribution in [0.4, 0.5) is 13.2 Å². The maximum absolute atomic E-state index is 13.1. The van der Waals surface area contributed by atoms with E-state index in [0.29, 0.717) is 11.7 Å². The third-order valence-corrected chi connectivity index (χ3v) is 6.04. The summed E-state index contributed by atoms with van der Waals surface area (Å²) in [5, 5.41) is 7.59. The first-order valence-corrected chi connectivity index (χ1v) is 10.8. The molecule has 1 saturated heterocycles. The Kier molecular flexibility index (Phi) is 5.81. The van der Waals surface area contributed by atoms with E-state index in [1.54, 1.807) is 13.8 Å². The number of aromatic nitrogens is 2. The van der Waals surface area contributed by atoms with E-state index >= 15 is 0 Å². The number of halogens is 3. The third kappa shape index (κ3) is 4.76. The lowest BCUT2D eigenvalue weighted by Crippen LogP contribution is -2.49. The van der Waals surface area contributed by atoms with Crippen LogP contribution in [0.25, 0.3) is 10.8 Å². The average molecular weight is 436 g/mol. The third-order valence-electron chi connectivity index (χ3n) is 6.04. The van der Waals surface area contributed by atoms with Crippen LogP contribution in [0.5, 0.6) is 0 Å². The molecule has 1 aliphatic carbocycles. The van der Waals surface area contributed by atoms with Gasteiger partial charge in [-0.2, -0.15) is 18.3 Å². The van der Waals surface area contributed by atoms with Crippen LogP contribution < -0.4 is 10.9 Å². The maximum Gasteiger partial charge on any atom is 0.416 e. The lowest BCUT2D eigenvalue weighted by Gasteiger charge is -2.33. The standard InChI is InChI=1S/C22H27F3N4O2/c1-13(2)20-18-10-14(22(23,24)25)5-8-17(18)21(31)29(27-20)12-19(30)26-15-4-3-9-28(11-15)16-6-7-16/h5,8,10,13,15-16H,3-4,6-7,9,11-12H2,1-2H3,(H,26,30)/t15-/m1/s1. The molecule has 4 rings (SSSR count). The molecular formula is C22H27F3N4O2. The molecule has 6 nitrogen and oxygen atoms in total. The SMILES string of the molecule is CC(C)c1nn(CC(=O)N[C@@H]2CCCN(C3CC3)C2)c(=O)c2ccc(C(F)(F)F)cc12. The number of nitrogens with zero attached hydrogens (tertiary/aromatic N) is 3. The predicted molar refractivity (Wildman–Crippen MR) is 111 cm³/mol. The van der Waals surface area contributed by atoms with Gasteiger partial charge in [-0.1, -0.05) is 13.8 Å². The second-order valence-corrected chi connectivity index (χ2v) is 8.89. The summed E-state index contributed by atoms with van der Waals surface area (Å²) in [6, 6.07) is 3.72. The minimum atomic E-state index is -4.51. The number of benzene rings is 1. The van der Waals surface area contributed by atoms with Crippen LogP contribution in [-0.2, 0) is 17.5 Å². The number of fused-ring (bicyclic) bond motifs is 1. The topological polar surface area (TPSA) is 67.2 Å². The van der Waals surface area contributed by atoms with Crippen molar-refractivity contribution >= 4 is 16.7 Å². The highest BCUT2D eigenvalue weighted by Crippen LogP contribution is 2.32. The minimum Gasteiger partial charge on any atom is -0.350 e. The number of hydrogen-bond acceptors (Lipinski definition) is 4. The van der Waals surface area contributed by atoms with E-state index in [-0.39, 0.29) is 35.2 Å². The molecule has 1 N–H and O–H groups in total. The molecule has 1 aromatic carbocycles. The van der Waals surface area contributed by atoms with E-state index < -0.39 is 17.3 Å². The number of hydrogen-bond donors (Lipinski definition) is 1. The Balaban J connectivity index is 1.57. The Bertz CT molecular complexity index is 1040. The zero-order chi connectivity index (χ0) is 22.3. The zero-order valence-corrected chi connectivity index (χ0v) is 17.7. The molecular weight excluding hydrogens is 409 g/mol. The van der Waals surface area contributed by atoms with Gasteiger partial charge in [0.1, 0.15) is 6.54 Å². The second-order valence-electron chi connectivity index (χ2n) is 8.89. The summed E-state index contributed by atoms with van der Waals surface area (Å²) in [7, 11) is 0. The van der Waals surface area contributed by atoms with Gasteiger partial charge in [-0.05, 0) is 56.3 Å². The first kappa shape index (κ1) is 21.8. The van der Waals surface area contributed by atoms with Gasteiger partial charge < -0.3 is 5.32 Å². The molecule has 0 radical (unpaired) electrons. The molecule has 2 fully saturated rings. The molecule has 9 heteroatoms. The fourth-order valence-corrected chi connectivity index (χ4v) is 4.33. The quantitative estimate of drug-likeness (QED) is 0.781. The molecule has 1 aromatic heterocycles. The number of rotatable bonds is 5. The van der Waals surface area contributed by atoms with Crippen molar-refractivity contribution in [1.29, 1.82) is 0 Å². The summed E-state index contributed by atoms with van der Waals surface area (Å²) >= 11 is 0. The molecule has 168 valence electrons. The monoisotopic (exact) mass is 436 g/mol. The van der Waals surface area contributed by atoms with E-state index in [9.17, 15) is 22.8 Å². The fourth-order valence-electron chi connectivity index (χ4n) is 4.33.